The molecule has 1 atom stereocenters. The molecule has 1 aliphatic rings. The summed E-state index contributed by atoms with van der Waals surface area (Å²) in [4.78, 5) is 12.0. The number of hydrogen-bond donors (Lipinski definition) is 2. The van der Waals surface area contributed by atoms with Gasteiger partial charge in [-0.2, -0.15) is 5.10 Å². The number of carbonyl (C=O) groups is 1. The van der Waals surface area contributed by atoms with Crippen LogP contribution in [0, 0.1) is 5.92 Å². The second kappa shape index (κ2) is 6.24. The molecule has 1 heterocycles. The van der Waals surface area contributed by atoms with E-state index in [1.807, 2.05) is 30.3 Å². The molecule has 2 aromatic carbocycles. The van der Waals surface area contributed by atoms with E-state index in [2.05, 4.69) is 10.5 Å². The van der Waals surface area contributed by atoms with E-state index < -0.39 is 21.7 Å². The van der Waals surface area contributed by atoms with Crippen molar-refractivity contribution in [2.24, 2.45) is 11.0 Å². The van der Waals surface area contributed by atoms with Crippen molar-refractivity contribution in [2.45, 2.75) is 13.3 Å². The second-order valence-corrected chi connectivity index (χ2v) is 8.18. The van der Waals surface area contributed by atoms with Crippen LogP contribution in [0.25, 0.3) is 10.8 Å². The Morgan fingerprint density at radius 3 is 2.71 bits per heavy atom. The maximum Gasteiger partial charge on any atom is 0.244 e. The van der Waals surface area contributed by atoms with Gasteiger partial charge in [-0.05, 0) is 24.8 Å². The van der Waals surface area contributed by atoms with Gasteiger partial charge < -0.3 is 5.11 Å². The predicted octanol–water partition coefficient (Wildman–Crippen LogP) is 1.82. The lowest BCUT2D eigenvalue weighted by Crippen LogP contribution is -2.28. The van der Waals surface area contributed by atoms with Gasteiger partial charge in [0.2, 0.25) is 5.91 Å². The third kappa shape index (κ3) is 3.26. The van der Waals surface area contributed by atoms with Gasteiger partial charge in [0.15, 0.2) is 9.84 Å². The lowest BCUT2D eigenvalue weighted by molar-refractivity contribution is -0.124. The monoisotopic (exact) mass is 346 g/mol. The Bertz CT molecular complexity index is 935. The molecular formula is C17H18N2O4S. The van der Waals surface area contributed by atoms with Crippen LogP contribution in [0.1, 0.15) is 18.9 Å². The largest absolute Gasteiger partial charge is 0.507 e. The average Bonchev–Trinajstić information content (AvgIpc) is 2.93. The van der Waals surface area contributed by atoms with Crippen LogP contribution in [0.3, 0.4) is 0 Å². The standard InChI is InChI=1S/C17H18N2O4S/c1-11(18-19-17(21)13-8-9-24(22,23)10-13)14-7-6-12-4-2-3-5-15(12)16(14)20/h2-7,13,20H,8-10H2,1H3,(H,19,21)/b18-11+/t13-/m1/s1. The highest BCUT2D eigenvalue weighted by Gasteiger charge is 2.32. The smallest absolute Gasteiger partial charge is 0.244 e. The molecule has 0 saturated carbocycles. The van der Waals surface area contributed by atoms with E-state index in [1.54, 1.807) is 13.0 Å². The summed E-state index contributed by atoms with van der Waals surface area (Å²) in [5.74, 6) is -0.951. The molecule has 1 aliphatic heterocycles. The second-order valence-electron chi connectivity index (χ2n) is 5.96. The fourth-order valence-corrected chi connectivity index (χ4v) is 4.58. The van der Waals surface area contributed by atoms with Gasteiger partial charge in [-0.15, -0.1) is 0 Å². The predicted molar refractivity (Wildman–Crippen MR) is 92.7 cm³/mol. The van der Waals surface area contributed by atoms with E-state index in [0.717, 1.165) is 5.39 Å². The summed E-state index contributed by atoms with van der Waals surface area (Å²) in [6.07, 6.45) is 0.323. The van der Waals surface area contributed by atoms with Gasteiger partial charge in [-0.25, -0.2) is 13.8 Å². The zero-order chi connectivity index (χ0) is 17.3. The molecule has 7 heteroatoms. The lowest BCUT2D eigenvalue weighted by Gasteiger charge is -2.09. The highest BCUT2D eigenvalue weighted by atomic mass is 32.2. The van der Waals surface area contributed by atoms with Crippen molar-refractivity contribution in [1.29, 1.82) is 0 Å². The molecule has 1 saturated heterocycles. The van der Waals surface area contributed by atoms with Crippen LogP contribution in [0.5, 0.6) is 5.75 Å². The molecular weight excluding hydrogens is 328 g/mol. The number of fused-ring (bicyclic) bond motifs is 1. The Morgan fingerprint density at radius 1 is 1.25 bits per heavy atom. The van der Waals surface area contributed by atoms with Crippen LogP contribution >= 0.6 is 0 Å². The van der Waals surface area contributed by atoms with Crippen molar-refractivity contribution < 1.29 is 18.3 Å². The van der Waals surface area contributed by atoms with Crippen LogP contribution < -0.4 is 5.43 Å². The zero-order valence-electron chi connectivity index (χ0n) is 13.2. The first-order valence-electron chi connectivity index (χ1n) is 7.63. The van der Waals surface area contributed by atoms with Crippen LogP contribution in [0.15, 0.2) is 41.5 Å². The fraction of sp³-hybridized carbons (Fsp3) is 0.294. The van der Waals surface area contributed by atoms with Crippen LogP contribution in [0.2, 0.25) is 0 Å². The number of sulfone groups is 1. The van der Waals surface area contributed by atoms with Gasteiger partial charge in [0.25, 0.3) is 0 Å². The number of hydrogen-bond acceptors (Lipinski definition) is 5. The lowest BCUT2D eigenvalue weighted by atomic mass is 10.0. The van der Waals surface area contributed by atoms with Gasteiger partial charge in [0.1, 0.15) is 5.75 Å². The maximum atomic E-state index is 12.0. The molecule has 0 bridgehead atoms. The fourth-order valence-electron chi connectivity index (χ4n) is 2.84. The van der Waals surface area contributed by atoms with Crippen molar-refractivity contribution in [1.82, 2.24) is 5.43 Å². The van der Waals surface area contributed by atoms with E-state index in [1.165, 1.54) is 0 Å². The van der Waals surface area contributed by atoms with Crippen molar-refractivity contribution in [3.8, 4) is 5.75 Å². The number of phenols is 1. The highest BCUT2D eigenvalue weighted by Crippen LogP contribution is 2.29. The number of phenolic OH excluding ortho intramolecular Hbond substituents is 1. The molecule has 2 N–H and O–H groups in total. The molecule has 0 unspecified atom stereocenters. The Kier molecular flexibility index (Phi) is 4.28. The summed E-state index contributed by atoms with van der Waals surface area (Å²) < 4.78 is 22.9. The summed E-state index contributed by atoms with van der Waals surface area (Å²) in [6, 6.07) is 11.0. The van der Waals surface area contributed by atoms with Gasteiger partial charge in [0.05, 0.1) is 23.1 Å². The molecule has 0 aliphatic carbocycles. The Balaban J connectivity index is 1.79. The quantitative estimate of drug-likeness (QED) is 0.654. The van der Waals surface area contributed by atoms with Crippen molar-refractivity contribution in [2.75, 3.05) is 11.5 Å². The number of carbonyl (C=O) groups excluding carboxylic acids is 1. The maximum absolute atomic E-state index is 12.0. The number of hydrazone groups is 1. The molecule has 6 nitrogen and oxygen atoms in total. The Morgan fingerprint density at radius 2 is 2.00 bits per heavy atom. The minimum absolute atomic E-state index is 0.0409. The summed E-state index contributed by atoms with van der Waals surface area (Å²) in [5, 5.41) is 16.0. The molecule has 0 spiro atoms. The summed E-state index contributed by atoms with van der Waals surface area (Å²) >= 11 is 0. The van der Waals surface area contributed by atoms with Crippen LogP contribution in [-0.4, -0.2) is 36.6 Å². The molecule has 1 amide bonds. The molecule has 1 fully saturated rings. The Hall–Kier alpha value is -2.41. The molecule has 2 aromatic rings. The highest BCUT2D eigenvalue weighted by molar-refractivity contribution is 7.91. The number of nitrogens with zero attached hydrogens (tertiary/aromatic N) is 1. The number of amides is 1. The zero-order valence-corrected chi connectivity index (χ0v) is 14.0. The minimum atomic E-state index is -3.11. The number of benzene rings is 2. The molecule has 24 heavy (non-hydrogen) atoms. The van der Waals surface area contributed by atoms with Gasteiger partial charge in [0, 0.05) is 10.9 Å². The molecule has 3 rings (SSSR count). The first-order valence-corrected chi connectivity index (χ1v) is 9.45. The molecule has 0 aromatic heterocycles. The van der Waals surface area contributed by atoms with Crippen LogP contribution in [-0.2, 0) is 14.6 Å². The van der Waals surface area contributed by atoms with E-state index in [9.17, 15) is 18.3 Å². The number of nitrogens with one attached hydrogen (secondary N) is 1. The van der Waals surface area contributed by atoms with E-state index in [-0.39, 0.29) is 17.3 Å². The van der Waals surface area contributed by atoms with Gasteiger partial charge in [-0.1, -0.05) is 30.3 Å². The third-order valence-electron chi connectivity index (χ3n) is 4.23. The topological polar surface area (TPSA) is 95.8 Å². The molecule has 0 radical (unpaired) electrons. The molecule has 126 valence electrons. The normalized spacial score (nSPS) is 20.2. The van der Waals surface area contributed by atoms with Gasteiger partial charge >= 0.3 is 0 Å². The van der Waals surface area contributed by atoms with Crippen molar-refractivity contribution in [3.63, 3.8) is 0 Å². The van der Waals surface area contributed by atoms with E-state index in [0.29, 0.717) is 23.1 Å². The SMILES string of the molecule is C/C(=N\NC(=O)[C@@H]1CCS(=O)(=O)C1)c1ccc2ccccc2c1O. The van der Waals surface area contributed by atoms with Crippen molar-refractivity contribution in [3.05, 3.63) is 42.0 Å². The third-order valence-corrected chi connectivity index (χ3v) is 6.00. The average molecular weight is 346 g/mol. The van der Waals surface area contributed by atoms with Crippen LogP contribution in [0.4, 0.5) is 0 Å². The summed E-state index contributed by atoms with van der Waals surface area (Å²) in [5.41, 5.74) is 3.38. The van der Waals surface area contributed by atoms with E-state index in [4.69, 9.17) is 0 Å². The first-order chi connectivity index (χ1) is 11.4. The minimum Gasteiger partial charge on any atom is -0.507 e. The van der Waals surface area contributed by atoms with E-state index >= 15 is 0 Å². The Labute approximate surface area is 140 Å². The van der Waals surface area contributed by atoms with Gasteiger partial charge in [-0.3, -0.25) is 4.79 Å². The van der Waals surface area contributed by atoms with Crippen molar-refractivity contribution >= 4 is 32.2 Å². The number of rotatable bonds is 3. The first kappa shape index (κ1) is 16.4. The number of aromatic hydroxyl groups is 1. The summed E-state index contributed by atoms with van der Waals surface area (Å²) in [7, 11) is -3.11. The summed E-state index contributed by atoms with van der Waals surface area (Å²) in [6.45, 7) is 1.68.